The van der Waals surface area contributed by atoms with Gasteiger partial charge in [-0.15, -0.1) is 10.1 Å². The van der Waals surface area contributed by atoms with Crippen molar-refractivity contribution in [3.05, 3.63) is 10.1 Å². The number of carbonyl (C=O) groups excluding carboxylic acids is 1. The summed E-state index contributed by atoms with van der Waals surface area (Å²) in [6.07, 6.45) is 1.45. The summed E-state index contributed by atoms with van der Waals surface area (Å²) < 4.78 is 4.77. The number of rotatable bonds is 12. The fraction of sp³-hybridized carbons (Fsp3) is 0.818. The lowest BCUT2D eigenvalue weighted by Gasteiger charge is -2.14. The summed E-state index contributed by atoms with van der Waals surface area (Å²) in [7, 11) is 0. The van der Waals surface area contributed by atoms with E-state index in [0.717, 1.165) is 0 Å². The van der Waals surface area contributed by atoms with Gasteiger partial charge in [-0.25, -0.2) is 9.59 Å². The molecule has 0 aliphatic rings. The average molecular weight is 307 g/mol. The highest BCUT2D eigenvalue weighted by molar-refractivity contribution is 5.79. The second-order valence-electron chi connectivity index (χ2n) is 4.22. The van der Waals surface area contributed by atoms with Crippen molar-refractivity contribution in [1.82, 2.24) is 5.32 Å². The lowest BCUT2D eigenvalue weighted by Crippen LogP contribution is -2.41. The van der Waals surface area contributed by atoms with Crippen molar-refractivity contribution >= 4 is 12.1 Å². The van der Waals surface area contributed by atoms with Crippen LogP contribution in [0.1, 0.15) is 32.1 Å². The summed E-state index contributed by atoms with van der Waals surface area (Å²) in [6.45, 7) is 0.417. The van der Waals surface area contributed by atoms with Gasteiger partial charge in [0, 0.05) is 0 Å². The van der Waals surface area contributed by atoms with E-state index in [1.165, 1.54) is 0 Å². The minimum atomic E-state index is -1.14. The molecular formula is C11H21N3O7. The minimum absolute atomic E-state index is 0.0298. The number of nitrogens with two attached hydrogens (primary N) is 1. The van der Waals surface area contributed by atoms with Crippen LogP contribution in [-0.4, -0.2) is 48.1 Å². The Morgan fingerprint density at radius 3 is 2.48 bits per heavy atom. The van der Waals surface area contributed by atoms with Crippen molar-refractivity contribution < 1.29 is 29.4 Å². The molecule has 0 aliphatic heterocycles. The molecule has 1 amide bonds. The van der Waals surface area contributed by atoms with Crippen LogP contribution in [-0.2, 0) is 14.4 Å². The SMILES string of the molecule is NCCCCC(NC(=O)OCCCCO[N+](=O)[O-])C(=O)O. The third-order valence-electron chi connectivity index (χ3n) is 2.51. The van der Waals surface area contributed by atoms with Crippen LogP contribution >= 0.6 is 0 Å². The predicted molar refractivity (Wildman–Crippen MR) is 71.0 cm³/mol. The third-order valence-corrected chi connectivity index (χ3v) is 2.51. The van der Waals surface area contributed by atoms with Crippen LogP contribution in [0.4, 0.5) is 4.79 Å². The van der Waals surface area contributed by atoms with E-state index in [1.807, 2.05) is 0 Å². The predicted octanol–water partition coefficient (Wildman–Crippen LogP) is 0.283. The van der Waals surface area contributed by atoms with Gasteiger partial charge < -0.3 is 25.7 Å². The standard InChI is InChI=1S/C11H21N3O7/c12-6-2-1-5-9(10(15)16)13-11(17)20-7-3-4-8-21-14(18)19/h9H,1-8,12H2,(H,13,17)(H,15,16). The van der Waals surface area contributed by atoms with E-state index in [4.69, 9.17) is 15.6 Å². The molecule has 4 N–H and O–H groups in total. The van der Waals surface area contributed by atoms with Gasteiger partial charge in [0.2, 0.25) is 0 Å². The van der Waals surface area contributed by atoms with Gasteiger partial charge in [-0.1, -0.05) is 0 Å². The van der Waals surface area contributed by atoms with E-state index in [1.54, 1.807) is 0 Å². The monoisotopic (exact) mass is 307 g/mol. The highest BCUT2D eigenvalue weighted by atomic mass is 16.9. The van der Waals surface area contributed by atoms with Gasteiger partial charge in [0.05, 0.1) is 13.2 Å². The molecule has 1 atom stereocenters. The van der Waals surface area contributed by atoms with Gasteiger partial charge in [0.15, 0.2) is 0 Å². The molecule has 1 unspecified atom stereocenters. The van der Waals surface area contributed by atoms with Crippen LogP contribution in [0.5, 0.6) is 0 Å². The second kappa shape index (κ2) is 11.7. The Balaban J connectivity index is 3.77. The largest absolute Gasteiger partial charge is 0.480 e. The van der Waals surface area contributed by atoms with Crippen LogP contribution < -0.4 is 11.1 Å². The quantitative estimate of drug-likeness (QED) is 0.264. The molecule has 0 aromatic rings. The molecule has 0 heterocycles. The number of carbonyl (C=O) groups is 2. The first-order chi connectivity index (χ1) is 9.97. The molecule has 0 spiro atoms. The number of nitrogens with one attached hydrogen (secondary N) is 1. The molecule has 0 saturated carbocycles. The van der Waals surface area contributed by atoms with Gasteiger partial charge in [-0.05, 0) is 38.6 Å². The van der Waals surface area contributed by atoms with E-state index in [-0.39, 0.29) is 19.6 Å². The Kier molecular flexibility index (Phi) is 10.5. The van der Waals surface area contributed by atoms with Gasteiger partial charge in [0.25, 0.3) is 5.09 Å². The van der Waals surface area contributed by atoms with Crippen LogP contribution in [0.2, 0.25) is 0 Å². The molecule has 0 aromatic heterocycles. The maximum Gasteiger partial charge on any atom is 0.407 e. The maximum absolute atomic E-state index is 11.4. The molecule has 0 rings (SSSR count). The molecule has 10 heteroatoms. The number of amides is 1. The number of carboxylic acid groups (broad SMARTS) is 1. The number of hydrogen-bond acceptors (Lipinski definition) is 7. The molecule has 0 aromatic carbocycles. The average Bonchev–Trinajstić information content (AvgIpc) is 2.41. The first-order valence-electron chi connectivity index (χ1n) is 6.60. The molecule has 0 fully saturated rings. The summed E-state index contributed by atoms with van der Waals surface area (Å²) in [5, 5.41) is 20.1. The second-order valence-corrected chi connectivity index (χ2v) is 4.22. The van der Waals surface area contributed by atoms with E-state index in [0.29, 0.717) is 32.2 Å². The fourth-order valence-electron chi connectivity index (χ4n) is 1.44. The zero-order chi connectivity index (χ0) is 16.1. The highest BCUT2D eigenvalue weighted by Gasteiger charge is 2.19. The number of carboxylic acids is 1. The molecule has 21 heavy (non-hydrogen) atoms. The van der Waals surface area contributed by atoms with Crippen molar-refractivity contribution in [3.63, 3.8) is 0 Å². The van der Waals surface area contributed by atoms with Crippen molar-refractivity contribution in [1.29, 1.82) is 0 Å². The smallest absolute Gasteiger partial charge is 0.407 e. The summed E-state index contributed by atoms with van der Waals surface area (Å²) in [6, 6.07) is -1.01. The Morgan fingerprint density at radius 1 is 1.24 bits per heavy atom. The number of aliphatic carboxylic acids is 1. The molecule has 0 aliphatic carbocycles. The Morgan fingerprint density at radius 2 is 1.90 bits per heavy atom. The van der Waals surface area contributed by atoms with Crippen molar-refractivity contribution in [2.24, 2.45) is 5.73 Å². The zero-order valence-electron chi connectivity index (χ0n) is 11.7. The number of alkyl carbamates (subject to hydrolysis) is 1. The van der Waals surface area contributed by atoms with Gasteiger partial charge in [-0.3, -0.25) is 0 Å². The molecule has 0 bridgehead atoms. The summed E-state index contributed by atoms with van der Waals surface area (Å²) in [4.78, 5) is 36.2. The van der Waals surface area contributed by atoms with Crippen LogP contribution in [0.25, 0.3) is 0 Å². The number of nitrogens with zero attached hydrogens (tertiary/aromatic N) is 1. The molecule has 0 radical (unpaired) electrons. The third kappa shape index (κ3) is 11.4. The van der Waals surface area contributed by atoms with Gasteiger partial charge in [-0.2, -0.15) is 0 Å². The van der Waals surface area contributed by atoms with Crippen molar-refractivity contribution in [3.8, 4) is 0 Å². The minimum Gasteiger partial charge on any atom is -0.480 e. The van der Waals surface area contributed by atoms with Crippen molar-refractivity contribution in [2.45, 2.75) is 38.1 Å². The fourth-order valence-corrected chi connectivity index (χ4v) is 1.44. The number of unbranched alkanes of at least 4 members (excludes halogenated alkanes) is 2. The zero-order valence-corrected chi connectivity index (χ0v) is 11.7. The topological polar surface area (TPSA) is 154 Å². The number of hydrogen-bond donors (Lipinski definition) is 3. The maximum atomic E-state index is 11.4. The Labute approximate surface area is 121 Å². The lowest BCUT2D eigenvalue weighted by molar-refractivity contribution is -0.757. The summed E-state index contributed by atoms with van der Waals surface area (Å²) in [5.74, 6) is -1.14. The van der Waals surface area contributed by atoms with Crippen LogP contribution in [0.3, 0.4) is 0 Å². The van der Waals surface area contributed by atoms with Gasteiger partial charge >= 0.3 is 12.1 Å². The molecule has 0 saturated heterocycles. The van der Waals surface area contributed by atoms with Crippen LogP contribution in [0.15, 0.2) is 0 Å². The summed E-state index contributed by atoms with van der Waals surface area (Å²) in [5.41, 5.74) is 5.30. The first-order valence-corrected chi connectivity index (χ1v) is 6.60. The van der Waals surface area contributed by atoms with Gasteiger partial charge in [0.1, 0.15) is 6.04 Å². The van der Waals surface area contributed by atoms with E-state index < -0.39 is 23.2 Å². The van der Waals surface area contributed by atoms with Crippen molar-refractivity contribution in [2.75, 3.05) is 19.8 Å². The highest BCUT2D eigenvalue weighted by Crippen LogP contribution is 2.01. The Bertz CT molecular complexity index is 338. The lowest BCUT2D eigenvalue weighted by atomic mass is 10.1. The first kappa shape index (κ1) is 18.9. The summed E-state index contributed by atoms with van der Waals surface area (Å²) >= 11 is 0. The molecular weight excluding hydrogens is 286 g/mol. The molecule has 122 valence electrons. The number of ether oxygens (including phenoxy) is 1. The Hall–Kier alpha value is -2.10. The van der Waals surface area contributed by atoms with Crippen LogP contribution in [0, 0.1) is 10.1 Å². The van der Waals surface area contributed by atoms with E-state index in [9.17, 15) is 19.7 Å². The van der Waals surface area contributed by atoms with E-state index in [2.05, 4.69) is 10.2 Å². The molecule has 10 nitrogen and oxygen atoms in total. The van der Waals surface area contributed by atoms with E-state index >= 15 is 0 Å². The normalized spacial score (nSPS) is 11.5.